The van der Waals surface area contributed by atoms with Crippen LogP contribution >= 0.6 is 12.6 Å². The van der Waals surface area contributed by atoms with Crippen LogP contribution in [-0.2, 0) is 0 Å². The number of carbonyl (C=O) groups excluding carboxylic acids is 1. The topological polar surface area (TPSA) is 55.1 Å². The Morgan fingerprint density at radius 3 is 2.82 bits per heavy atom. The van der Waals surface area contributed by atoms with Crippen LogP contribution in [0.15, 0.2) is 23.1 Å². The summed E-state index contributed by atoms with van der Waals surface area (Å²) < 4.78 is 0. The molecule has 0 saturated heterocycles. The van der Waals surface area contributed by atoms with Crippen LogP contribution in [0.3, 0.4) is 0 Å². The van der Waals surface area contributed by atoms with E-state index in [1.165, 1.54) is 0 Å². The molecular weight excluding hydrogens is 160 g/mol. The number of anilines is 1. The van der Waals surface area contributed by atoms with E-state index in [9.17, 15) is 4.79 Å². The summed E-state index contributed by atoms with van der Waals surface area (Å²) in [5.41, 5.74) is 3.62. The molecule has 0 spiro atoms. The Bertz CT molecular complexity index is 275. The minimum absolute atomic E-state index is 0.531. The van der Waals surface area contributed by atoms with E-state index in [1.807, 2.05) is 0 Å². The molecule has 4 heteroatoms. The lowest BCUT2D eigenvalue weighted by atomic mass is 10.2. The Morgan fingerprint density at radius 2 is 2.27 bits per heavy atom. The lowest BCUT2D eigenvalue weighted by molar-refractivity contribution is 0.112. The van der Waals surface area contributed by atoms with Gasteiger partial charge in [-0.3, -0.25) is 10.6 Å². The van der Waals surface area contributed by atoms with Gasteiger partial charge in [-0.05, 0) is 6.07 Å². The van der Waals surface area contributed by atoms with Crippen molar-refractivity contribution in [3.8, 4) is 0 Å². The van der Waals surface area contributed by atoms with Crippen molar-refractivity contribution < 1.29 is 4.79 Å². The summed E-state index contributed by atoms with van der Waals surface area (Å²) in [6, 6.07) is 5.16. The number of rotatable bonds is 2. The average Bonchev–Trinajstić information content (AvgIpc) is 2.05. The number of carbonyl (C=O) groups is 1. The highest BCUT2D eigenvalue weighted by Gasteiger charge is 2.00. The molecule has 3 N–H and O–H groups in total. The quantitative estimate of drug-likeness (QED) is 0.268. The van der Waals surface area contributed by atoms with Crippen LogP contribution in [0.2, 0.25) is 0 Å². The highest BCUT2D eigenvalue weighted by atomic mass is 32.1. The Morgan fingerprint density at radius 1 is 1.55 bits per heavy atom. The predicted octanol–water partition coefficient (Wildman–Crippen LogP) is 1.07. The zero-order valence-electron chi connectivity index (χ0n) is 5.74. The van der Waals surface area contributed by atoms with Gasteiger partial charge in [0.2, 0.25) is 0 Å². The number of nitrogen functional groups attached to an aromatic ring is 1. The van der Waals surface area contributed by atoms with Gasteiger partial charge in [0.1, 0.15) is 0 Å². The van der Waals surface area contributed by atoms with Crippen molar-refractivity contribution in [3.63, 3.8) is 0 Å². The highest BCUT2D eigenvalue weighted by Crippen LogP contribution is 2.21. The highest BCUT2D eigenvalue weighted by molar-refractivity contribution is 7.80. The van der Waals surface area contributed by atoms with Crippen molar-refractivity contribution >= 4 is 24.6 Å². The van der Waals surface area contributed by atoms with Crippen molar-refractivity contribution in [2.45, 2.75) is 4.90 Å². The van der Waals surface area contributed by atoms with Crippen LogP contribution in [-0.4, -0.2) is 6.29 Å². The lowest BCUT2D eigenvalue weighted by Gasteiger charge is -2.04. The molecule has 1 rings (SSSR count). The van der Waals surface area contributed by atoms with Gasteiger partial charge < -0.3 is 5.43 Å². The minimum atomic E-state index is 0.531. The lowest BCUT2D eigenvalue weighted by Crippen LogP contribution is -2.07. The molecule has 1 aromatic rings. The first-order valence-electron chi connectivity index (χ1n) is 3.03. The normalized spacial score (nSPS) is 9.27. The molecule has 3 nitrogen and oxygen atoms in total. The summed E-state index contributed by atoms with van der Waals surface area (Å²) in [6.45, 7) is 0. The number of hydrogen-bond acceptors (Lipinski definition) is 4. The summed E-state index contributed by atoms with van der Waals surface area (Å²) >= 11 is 4.10. The Balaban J connectivity index is 3.20. The van der Waals surface area contributed by atoms with Gasteiger partial charge >= 0.3 is 0 Å². The second-order valence-corrected chi connectivity index (χ2v) is 2.45. The average molecular weight is 168 g/mol. The third kappa shape index (κ3) is 1.53. The van der Waals surface area contributed by atoms with E-state index in [0.29, 0.717) is 16.1 Å². The number of hydrazine groups is 1. The molecule has 0 aromatic heterocycles. The van der Waals surface area contributed by atoms with E-state index in [2.05, 4.69) is 18.1 Å². The Kier molecular flexibility index (Phi) is 2.51. The van der Waals surface area contributed by atoms with E-state index in [0.717, 1.165) is 6.29 Å². The molecule has 1 aromatic carbocycles. The standard InChI is InChI=1S/C7H8N2OS/c8-9-6-3-1-2-5(4-10)7(6)11/h1-4,9,11H,8H2. The first-order chi connectivity index (χ1) is 5.29. The number of nitrogens with two attached hydrogens (primary N) is 1. The van der Waals surface area contributed by atoms with Crippen molar-refractivity contribution in [3.05, 3.63) is 23.8 Å². The number of aldehydes is 1. The molecule has 0 fully saturated rings. The summed E-state index contributed by atoms with van der Waals surface area (Å²) in [5.74, 6) is 5.16. The van der Waals surface area contributed by atoms with Gasteiger partial charge in [-0.15, -0.1) is 12.6 Å². The van der Waals surface area contributed by atoms with Gasteiger partial charge in [0.05, 0.1) is 5.69 Å². The van der Waals surface area contributed by atoms with Gasteiger partial charge in [-0.2, -0.15) is 0 Å². The molecule has 0 aliphatic rings. The monoisotopic (exact) mass is 168 g/mol. The fraction of sp³-hybridized carbons (Fsp3) is 0. The fourth-order valence-electron chi connectivity index (χ4n) is 0.773. The molecular formula is C7H8N2OS. The van der Waals surface area contributed by atoms with Crippen LogP contribution in [0.4, 0.5) is 5.69 Å². The van der Waals surface area contributed by atoms with Crippen LogP contribution in [0.5, 0.6) is 0 Å². The summed E-state index contributed by atoms with van der Waals surface area (Å²) in [6.07, 6.45) is 0.739. The smallest absolute Gasteiger partial charge is 0.151 e. The molecule has 11 heavy (non-hydrogen) atoms. The zero-order valence-corrected chi connectivity index (χ0v) is 6.64. The maximum absolute atomic E-state index is 10.4. The zero-order chi connectivity index (χ0) is 8.27. The van der Waals surface area contributed by atoms with Gasteiger partial charge in [-0.1, -0.05) is 12.1 Å². The molecule has 0 aliphatic heterocycles. The van der Waals surface area contributed by atoms with Gasteiger partial charge in [0.25, 0.3) is 0 Å². The predicted molar refractivity (Wildman–Crippen MR) is 46.9 cm³/mol. The first-order valence-corrected chi connectivity index (χ1v) is 3.48. The van der Waals surface area contributed by atoms with E-state index in [4.69, 9.17) is 5.84 Å². The molecule has 0 amide bonds. The number of benzene rings is 1. The van der Waals surface area contributed by atoms with E-state index < -0.39 is 0 Å². The minimum Gasteiger partial charge on any atom is -0.323 e. The van der Waals surface area contributed by atoms with Crippen molar-refractivity contribution in [2.75, 3.05) is 5.43 Å². The summed E-state index contributed by atoms with van der Waals surface area (Å²) in [5, 5.41) is 0. The summed E-state index contributed by atoms with van der Waals surface area (Å²) in [4.78, 5) is 11.0. The number of hydrogen-bond donors (Lipinski definition) is 3. The van der Waals surface area contributed by atoms with Gasteiger partial charge in [0, 0.05) is 10.5 Å². The van der Waals surface area contributed by atoms with E-state index in [-0.39, 0.29) is 0 Å². The third-order valence-corrected chi connectivity index (χ3v) is 1.85. The molecule has 0 saturated carbocycles. The van der Waals surface area contributed by atoms with Crippen LogP contribution in [0, 0.1) is 0 Å². The second-order valence-electron chi connectivity index (χ2n) is 2.01. The fourth-order valence-corrected chi connectivity index (χ4v) is 1.04. The summed E-state index contributed by atoms with van der Waals surface area (Å²) in [7, 11) is 0. The maximum Gasteiger partial charge on any atom is 0.151 e. The molecule has 0 aliphatic carbocycles. The van der Waals surface area contributed by atoms with Crippen LogP contribution in [0.25, 0.3) is 0 Å². The SMILES string of the molecule is NNc1cccc(C=O)c1S. The van der Waals surface area contributed by atoms with Gasteiger partial charge in [0.15, 0.2) is 6.29 Å². The molecule has 0 heterocycles. The number of nitrogens with one attached hydrogen (secondary N) is 1. The van der Waals surface area contributed by atoms with Crippen molar-refractivity contribution in [1.29, 1.82) is 0 Å². The molecule has 0 unspecified atom stereocenters. The third-order valence-electron chi connectivity index (χ3n) is 1.35. The van der Waals surface area contributed by atoms with Crippen LogP contribution in [0.1, 0.15) is 10.4 Å². The van der Waals surface area contributed by atoms with Crippen molar-refractivity contribution in [2.24, 2.45) is 5.84 Å². The second kappa shape index (κ2) is 3.41. The van der Waals surface area contributed by atoms with Crippen molar-refractivity contribution in [1.82, 2.24) is 0 Å². The first kappa shape index (κ1) is 8.10. The molecule has 0 bridgehead atoms. The van der Waals surface area contributed by atoms with E-state index in [1.54, 1.807) is 18.2 Å². The Hall–Kier alpha value is -1.00. The molecule has 58 valence electrons. The largest absolute Gasteiger partial charge is 0.323 e. The van der Waals surface area contributed by atoms with Crippen LogP contribution < -0.4 is 11.3 Å². The maximum atomic E-state index is 10.4. The van der Waals surface area contributed by atoms with Gasteiger partial charge in [-0.25, -0.2) is 0 Å². The van der Waals surface area contributed by atoms with E-state index >= 15 is 0 Å². The Labute approximate surface area is 70.0 Å². The molecule has 0 atom stereocenters. The molecule has 0 radical (unpaired) electrons. The number of thiol groups is 1.